The Bertz CT molecular complexity index is 1120. The standard InChI is InChI=1S/C26H37N3O5S/c1-8-23(25(31)27-26(3,4)5)29(17-20-10-9-11-21(16-20)34-7)24(30)18-28(6)35(32,33)22-14-12-19(2)13-15-22/h9-16,23H,8,17-18H2,1-7H3,(H,27,31)/t23-/m1/s1. The third-order valence-corrected chi connectivity index (χ3v) is 7.28. The summed E-state index contributed by atoms with van der Waals surface area (Å²) in [6, 6.07) is 12.9. The normalized spacial score (nSPS) is 12.8. The van der Waals surface area contributed by atoms with Crippen molar-refractivity contribution in [3.63, 3.8) is 0 Å². The minimum absolute atomic E-state index is 0.107. The molecular weight excluding hydrogens is 466 g/mol. The largest absolute Gasteiger partial charge is 0.497 e. The average Bonchev–Trinajstić information content (AvgIpc) is 2.78. The van der Waals surface area contributed by atoms with Gasteiger partial charge in [0.2, 0.25) is 21.8 Å². The molecule has 9 heteroatoms. The van der Waals surface area contributed by atoms with E-state index in [0.717, 1.165) is 15.4 Å². The number of aryl methyl sites for hydroxylation is 1. The first-order valence-corrected chi connectivity index (χ1v) is 13.0. The molecule has 0 saturated carbocycles. The Hall–Kier alpha value is -2.91. The topological polar surface area (TPSA) is 96.0 Å². The molecule has 192 valence electrons. The van der Waals surface area contributed by atoms with Gasteiger partial charge in [-0.3, -0.25) is 9.59 Å². The van der Waals surface area contributed by atoms with Crippen LogP contribution in [0.25, 0.3) is 0 Å². The summed E-state index contributed by atoms with van der Waals surface area (Å²) < 4.78 is 32.4. The number of rotatable bonds is 10. The Morgan fingerprint density at radius 1 is 1.09 bits per heavy atom. The van der Waals surface area contributed by atoms with E-state index >= 15 is 0 Å². The van der Waals surface area contributed by atoms with Crippen LogP contribution in [-0.2, 0) is 26.2 Å². The first kappa shape index (κ1) is 28.3. The number of carbonyl (C=O) groups is 2. The van der Waals surface area contributed by atoms with Gasteiger partial charge in [0.1, 0.15) is 11.8 Å². The number of hydrogen-bond donors (Lipinski definition) is 1. The zero-order valence-corrected chi connectivity index (χ0v) is 22.5. The second-order valence-electron chi connectivity index (χ2n) is 9.61. The molecule has 0 aliphatic heterocycles. The number of amides is 2. The molecular formula is C26H37N3O5S. The third-order valence-electron chi connectivity index (χ3n) is 5.46. The van der Waals surface area contributed by atoms with Crippen LogP contribution in [0.2, 0.25) is 0 Å². The fraction of sp³-hybridized carbons (Fsp3) is 0.462. The maximum absolute atomic E-state index is 13.5. The van der Waals surface area contributed by atoms with Crippen LogP contribution in [0, 0.1) is 6.92 Å². The molecule has 0 radical (unpaired) electrons. The van der Waals surface area contributed by atoms with E-state index in [-0.39, 0.29) is 17.3 Å². The van der Waals surface area contributed by atoms with Crippen LogP contribution in [-0.4, -0.2) is 61.7 Å². The molecule has 0 aliphatic carbocycles. The van der Waals surface area contributed by atoms with Crippen molar-refractivity contribution in [2.24, 2.45) is 0 Å². The molecule has 0 saturated heterocycles. The van der Waals surface area contributed by atoms with E-state index in [2.05, 4.69) is 5.32 Å². The highest BCUT2D eigenvalue weighted by atomic mass is 32.2. The minimum atomic E-state index is -3.88. The summed E-state index contributed by atoms with van der Waals surface area (Å²) in [6.45, 7) is 9.03. The first-order chi connectivity index (χ1) is 16.3. The molecule has 35 heavy (non-hydrogen) atoms. The smallest absolute Gasteiger partial charge is 0.243 e. The highest BCUT2D eigenvalue weighted by Crippen LogP contribution is 2.20. The van der Waals surface area contributed by atoms with Crippen molar-refractivity contribution in [3.05, 3.63) is 59.7 Å². The van der Waals surface area contributed by atoms with Gasteiger partial charge in [0.25, 0.3) is 0 Å². The molecule has 0 aliphatic rings. The summed E-state index contributed by atoms with van der Waals surface area (Å²) in [5.74, 6) is -0.136. The van der Waals surface area contributed by atoms with Gasteiger partial charge in [-0.2, -0.15) is 4.31 Å². The Labute approximate surface area is 209 Å². The van der Waals surface area contributed by atoms with Crippen LogP contribution in [0.4, 0.5) is 0 Å². The van der Waals surface area contributed by atoms with Crippen LogP contribution in [0.15, 0.2) is 53.4 Å². The summed E-state index contributed by atoms with van der Waals surface area (Å²) in [4.78, 5) is 28.2. The zero-order chi connectivity index (χ0) is 26.4. The lowest BCUT2D eigenvalue weighted by Gasteiger charge is -2.34. The van der Waals surface area contributed by atoms with Crippen LogP contribution in [0.3, 0.4) is 0 Å². The minimum Gasteiger partial charge on any atom is -0.497 e. The molecule has 2 aromatic carbocycles. The number of carbonyl (C=O) groups excluding carboxylic acids is 2. The summed E-state index contributed by atoms with van der Waals surface area (Å²) in [5, 5.41) is 2.94. The van der Waals surface area contributed by atoms with E-state index in [9.17, 15) is 18.0 Å². The third kappa shape index (κ3) is 7.80. The second-order valence-corrected chi connectivity index (χ2v) is 11.7. The van der Waals surface area contributed by atoms with Crippen molar-refractivity contribution < 1.29 is 22.7 Å². The molecule has 0 heterocycles. The number of methoxy groups -OCH3 is 1. The Kier molecular flexibility index (Phi) is 9.45. The van der Waals surface area contributed by atoms with Crippen LogP contribution < -0.4 is 10.1 Å². The molecule has 2 amide bonds. The number of nitrogens with one attached hydrogen (secondary N) is 1. The van der Waals surface area contributed by atoms with E-state index in [4.69, 9.17) is 4.74 Å². The molecule has 0 unspecified atom stereocenters. The summed E-state index contributed by atoms with van der Waals surface area (Å²) in [7, 11) is -0.962. The molecule has 0 aromatic heterocycles. The Morgan fingerprint density at radius 2 is 1.71 bits per heavy atom. The summed E-state index contributed by atoms with van der Waals surface area (Å²) in [6.07, 6.45) is 0.367. The van der Waals surface area contributed by atoms with Crippen molar-refractivity contribution in [3.8, 4) is 5.75 Å². The van der Waals surface area contributed by atoms with Crippen molar-refractivity contribution in [2.45, 2.75) is 64.1 Å². The van der Waals surface area contributed by atoms with Gasteiger partial charge in [0.15, 0.2) is 0 Å². The fourth-order valence-electron chi connectivity index (χ4n) is 3.60. The molecule has 0 spiro atoms. The monoisotopic (exact) mass is 503 g/mol. The number of nitrogens with zero attached hydrogens (tertiary/aromatic N) is 2. The number of benzene rings is 2. The number of ether oxygens (including phenoxy) is 1. The molecule has 1 atom stereocenters. The van der Waals surface area contributed by atoms with Crippen LogP contribution in [0.5, 0.6) is 5.75 Å². The quantitative estimate of drug-likeness (QED) is 0.537. The van der Waals surface area contributed by atoms with Gasteiger partial charge in [0.05, 0.1) is 18.6 Å². The van der Waals surface area contributed by atoms with E-state index in [1.807, 2.05) is 40.7 Å². The molecule has 0 bridgehead atoms. The molecule has 0 fully saturated rings. The predicted molar refractivity (Wildman–Crippen MR) is 137 cm³/mol. The molecule has 2 rings (SSSR count). The Morgan fingerprint density at radius 3 is 2.26 bits per heavy atom. The van der Waals surface area contributed by atoms with Crippen molar-refractivity contribution >= 4 is 21.8 Å². The predicted octanol–water partition coefficient (Wildman–Crippen LogP) is 3.35. The van der Waals surface area contributed by atoms with Gasteiger partial charge in [-0.05, 0) is 63.9 Å². The Balaban J connectivity index is 2.37. The van der Waals surface area contributed by atoms with E-state index < -0.39 is 34.1 Å². The number of sulfonamides is 1. The zero-order valence-electron chi connectivity index (χ0n) is 21.7. The van der Waals surface area contributed by atoms with Gasteiger partial charge < -0.3 is 15.0 Å². The molecule has 2 aromatic rings. The number of hydrogen-bond acceptors (Lipinski definition) is 5. The highest BCUT2D eigenvalue weighted by Gasteiger charge is 2.33. The van der Waals surface area contributed by atoms with Crippen molar-refractivity contribution in [2.75, 3.05) is 20.7 Å². The van der Waals surface area contributed by atoms with Gasteiger partial charge in [-0.1, -0.05) is 36.8 Å². The van der Waals surface area contributed by atoms with Crippen molar-refractivity contribution in [1.82, 2.24) is 14.5 Å². The van der Waals surface area contributed by atoms with Gasteiger partial charge in [-0.15, -0.1) is 0 Å². The highest BCUT2D eigenvalue weighted by molar-refractivity contribution is 7.89. The average molecular weight is 504 g/mol. The second kappa shape index (κ2) is 11.7. The maximum atomic E-state index is 13.5. The number of likely N-dealkylation sites (N-methyl/N-ethyl adjacent to an activating group) is 1. The lowest BCUT2D eigenvalue weighted by Crippen LogP contribution is -2.55. The van der Waals surface area contributed by atoms with Crippen molar-refractivity contribution in [1.29, 1.82) is 0 Å². The van der Waals surface area contributed by atoms with E-state index in [0.29, 0.717) is 12.2 Å². The first-order valence-electron chi connectivity index (χ1n) is 11.6. The van der Waals surface area contributed by atoms with Crippen LogP contribution in [0.1, 0.15) is 45.2 Å². The van der Waals surface area contributed by atoms with Gasteiger partial charge in [-0.25, -0.2) is 8.42 Å². The van der Waals surface area contributed by atoms with E-state index in [1.54, 1.807) is 37.4 Å². The summed E-state index contributed by atoms with van der Waals surface area (Å²) in [5.41, 5.74) is 1.22. The van der Waals surface area contributed by atoms with Crippen LogP contribution >= 0.6 is 0 Å². The molecule has 1 N–H and O–H groups in total. The van der Waals surface area contributed by atoms with Gasteiger partial charge >= 0.3 is 0 Å². The van der Waals surface area contributed by atoms with E-state index in [1.165, 1.54) is 24.1 Å². The lowest BCUT2D eigenvalue weighted by molar-refractivity contribution is -0.142. The van der Waals surface area contributed by atoms with Gasteiger partial charge in [0, 0.05) is 19.1 Å². The fourth-order valence-corrected chi connectivity index (χ4v) is 4.72. The SMILES string of the molecule is CC[C@H](C(=O)NC(C)(C)C)N(Cc1cccc(OC)c1)C(=O)CN(C)S(=O)(=O)c1ccc(C)cc1. The molecule has 8 nitrogen and oxygen atoms in total. The maximum Gasteiger partial charge on any atom is 0.243 e. The lowest BCUT2D eigenvalue weighted by atomic mass is 10.1. The summed E-state index contributed by atoms with van der Waals surface area (Å²) >= 11 is 0.